The second kappa shape index (κ2) is 18.5. The molecular formula is C44H54FN11O6. The average molecular weight is 852 g/mol. The van der Waals surface area contributed by atoms with E-state index in [9.17, 15) is 28.4 Å². The molecule has 0 bridgehead atoms. The van der Waals surface area contributed by atoms with Gasteiger partial charge >= 0.3 is 0 Å². The van der Waals surface area contributed by atoms with Crippen LogP contribution in [-0.4, -0.2) is 130 Å². The molecule has 18 heteroatoms. The third kappa shape index (κ3) is 8.97. The molecule has 5 amide bonds. The number of unbranched alkanes of at least 4 members (excludes halogenated alkanes) is 2. The molecule has 0 aliphatic carbocycles. The number of likely N-dealkylation sites (tertiary alicyclic amines) is 1. The van der Waals surface area contributed by atoms with Crippen LogP contribution in [0.3, 0.4) is 0 Å². The number of nitrogens with one attached hydrogen (secondary N) is 4. The summed E-state index contributed by atoms with van der Waals surface area (Å²) in [5.74, 6) is -0.662. The number of ether oxygens (including phenoxy) is 1. The third-order valence-electron chi connectivity index (χ3n) is 12.3. The minimum atomic E-state index is -1.13. The Morgan fingerprint density at radius 3 is 2.56 bits per heavy atom. The van der Waals surface area contributed by atoms with Crippen LogP contribution in [-0.2, 0) is 14.3 Å². The first-order chi connectivity index (χ1) is 30.0. The molecule has 328 valence electrons. The number of halogens is 1. The number of hydrogen-bond acceptors (Lipinski definition) is 13. The quantitative estimate of drug-likeness (QED) is 0.0959. The predicted molar refractivity (Wildman–Crippen MR) is 230 cm³/mol. The number of methoxy groups -OCH3 is 1. The predicted octanol–water partition coefficient (Wildman–Crippen LogP) is 4.59. The van der Waals surface area contributed by atoms with Crippen molar-refractivity contribution in [1.29, 1.82) is 0 Å². The maximum absolute atomic E-state index is 14.6. The van der Waals surface area contributed by atoms with Crippen LogP contribution in [0, 0.1) is 0 Å². The Labute approximate surface area is 359 Å². The monoisotopic (exact) mass is 851 g/mol. The van der Waals surface area contributed by atoms with Gasteiger partial charge in [0.1, 0.15) is 23.8 Å². The molecule has 0 saturated carbocycles. The van der Waals surface area contributed by atoms with E-state index in [0.717, 1.165) is 67.5 Å². The van der Waals surface area contributed by atoms with Crippen LogP contribution in [0.2, 0.25) is 0 Å². The highest BCUT2D eigenvalue weighted by atomic mass is 19.1. The topological polar surface area (TPSA) is 196 Å². The molecule has 7 heterocycles. The Kier molecular flexibility index (Phi) is 12.8. The molecular weight excluding hydrogens is 798 g/mol. The van der Waals surface area contributed by atoms with Gasteiger partial charge in [-0.15, -0.1) is 0 Å². The number of fused-ring (bicyclic) bond motifs is 2. The first-order valence-electron chi connectivity index (χ1n) is 21.6. The number of anilines is 4. The van der Waals surface area contributed by atoms with Crippen LogP contribution >= 0.6 is 0 Å². The number of carbonyl (C=O) groups is 5. The van der Waals surface area contributed by atoms with Gasteiger partial charge in [0.15, 0.2) is 0 Å². The van der Waals surface area contributed by atoms with E-state index in [0.29, 0.717) is 48.3 Å². The number of piperidine rings is 3. The van der Waals surface area contributed by atoms with Gasteiger partial charge in [-0.05, 0) is 77.1 Å². The molecule has 8 rings (SSSR count). The van der Waals surface area contributed by atoms with Gasteiger partial charge in [0.2, 0.25) is 17.8 Å². The number of imide groups is 2. The van der Waals surface area contributed by atoms with Gasteiger partial charge in [0, 0.05) is 87.5 Å². The Morgan fingerprint density at radius 2 is 1.81 bits per heavy atom. The Balaban J connectivity index is 0.789. The summed E-state index contributed by atoms with van der Waals surface area (Å²) in [4.78, 5) is 83.2. The van der Waals surface area contributed by atoms with Crippen LogP contribution in [0.5, 0.6) is 0 Å². The molecule has 4 aliphatic rings. The summed E-state index contributed by atoms with van der Waals surface area (Å²) in [6, 6.07) is 7.89. The number of aromatic nitrogens is 4. The van der Waals surface area contributed by atoms with Gasteiger partial charge in [-0.25, -0.2) is 14.4 Å². The van der Waals surface area contributed by atoms with E-state index in [1.807, 2.05) is 17.2 Å². The van der Waals surface area contributed by atoms with Gasteiger partial charge in [-0.3, -0.25) is 34.2 Å². The minimum absolute atomic E-state index is 0.0577. The maximum Gasteiger partial charge on any atom is 0.264 e. The number of pyridine rings is 1. The van der Waals surface area contributed by atoms with Gasteiger partial charge in [0.05, 0.1) is 34.9 Å². The lowest BCUT2D eigenvalue weighted by Gasteiger charge is -2.33. The fourth-order valence-electron chi connectivity index (χ4n) is 8.94. The van der Waals surface area contributed by atoms with E-state index >= 15 is 0 Å². The minimum Gasteiger partial charge on any atom is -0.384 e. The number of amides is 5. The third-order valence-corrected chi connectivity index (χ3v) is 12.3. The molecule has 3 aromatic heterocycles. The van der Waals surface area contributed by atoms with Crippen LogP contribution in [0.1, 0.15) is 102 Å². The smallest absolute Gasteiger partial charge is 0.264 e. The van der Waals surface area contributed by atoms with Crippen LogP contribution in [0.4, 0.5) is 27.7 Å². The van der Waals surface area contributed by atoms with Crippen molar-refractivity contribution in [2.24, 2.45) is 0 Å². The summed E-state index contributed by atoms with van der Waals surface area (Å²) in [7, 11) is 1.53. The van der Waals surface area contributed by atoms with Gasteiger partial charge in [-0.1, -0.05) is 12.5 Å². The Hall–Kier alpha value is -6.01. The van der Waals surface area contributed by atoms with Crippen molar-refractivity contribution >= 4 is 63.7 Å². The van der Waals surface area contributed by atoms with Gasteiger partial charge in [0.25, 0.3) is 17.7 Å². The van der Waals surface area contributed by atoms with Crippen molar-refractivity contribution in [3.05, 3.63) is 65.6 Å². The molecule has 4 aromatic rings. The van der Waals surface area contributed by atoms with Crippen LogP contribution in [0.25, 0.3) is 10.9 Å². The van der Waals surface area contributed by atoms with E-state index in [4.69, 9.17) is 4.74 Å². The summed E-state index contributed by atoms with van der Waals surface area (Å²) < 4.78 is 21.9. The number of nitrogens with zero attached hydrogens (tertiary/aromatic N) is 7. The lowest BCUT2D eigenvalue weighted by atomic mass is 10.0. The Morgan fingerprint density at radius 1 is 0.984 bits per heavy atom. The van der Waals surface area contributed by atoms with Crippen molar-refractivity contribution < 1.29 is 33.1 Å². The van der Waals surface area contributed by atoms with E-state index in [1.54, 1.807) is 36.7 Å². The molecule has 62 heavy (non-hydrogen) atoms. The molecule has 17 nitrogen and oxygen atoms in total. The highest BCUT2D eigenvalue weighted by Crippen LogP contribution is 2.33. The molecule has 0 spiro atoms. The fourth-order valence-corrected chi connectivity index (χ4v) is 8.94. The molecule has 3 atom stereocenters. The zero-order valence-electron chi connectivity index (χ0n) is 35.4. The van der Waals surface area contributed by atoms with E-state index in [2.05, 4.69) is 59.5 Å². The van der Waals surface area contributed by atoms with Crippen LogP contribution in [0.15, 0.2) is 48.9 Å². The normalized spacial score (nSPS) is 21.1. The first kappa shape index (κ1) is 42.7. The van der Waals surface area contributed by atoms with Crippen molar-refractivity contribution in [2.45, 2.75) is 95.6 Å². The summed E-state index contributed by atoms with van der Waals surface area (Å²) in [5.41, 5.74) is 2.54. The maximum atomic E-state index is 14.6. The Bertz CT molecular complexity index is 2350. The summed E-state index contributed by atoms with van der Waals surface area (Å²) in [6.07, 6.45) is 8.98. The summed E-state index contributed by atoms with van der Waals surface area (Å²) in [5, 5.41) is 12.9. The number of benzene rings is 1. The zero-order valence-corrected chi connectivity index (χ0v) is 35.4. The van der Waals surface area contributed by atoms with Crippen LogP contribution < -0.4 is 26.2 Å². The molecule has 3 saturated heterocycles. The van der Waals surface area contributed by atoms with Crippen molar-refractivity contribution in [2.75, 3.05) is 61.9 Å². The number of hydrogen-bond donors (Lipinski definition) is 4. The summed E-state index contributed by atoms with van der Waals surface area (Å²) >= 11 is 0. The second-order valence-electron chi connectivity index (χ2n) is 16.8. The molecule has 4 aliphatic heterocycles. The average Bonchev–Trinajstić information content (AvgIpc) is 3.77. The van der Waals surface area contributed by atoms with E-state index in [-0.39, 0.29) is 48.5 Å². The molecule has 1 unspecified atom stereocenters. The van der Waals surface area contributed by atoms with Gasteiger partial charge in [-0.2, -0.15) is 4.98 Å². The summed E-state index contributed by atoms with van der Waals surface area (Å²) in [6.45, 7) is 8.22. The van der Waals surface area contributed by atoms with Crippen molar-refractivity contribution in [1.82, 2.24) is 40.0 Å². The fraction of sp³-hybridized carbons (Fsp3) is 0.500. The number of alkyl halides is 1. The standard InChI is InChI=1S/C44H54FN11O6/c1-26(2)55-24-30(29-23-48-37(22-34(29)55)50-36-12-17-47-44(51-36)54-21-15-35(62-3)31(45)25-54)40(58)49-27-13-19-53(20-14-27)18-6-4-5-16-46-32-9-7-8-28-39(32)43(61)56(42(28)60)33-10-11-38(57)52-41(33)59/h7-9,12,17,22-24,26-27,31,33,35,46H,4-6,10-11,13-16,18-21,25H2,1-3H3,(H,49,58)(H,52,57,59)(H,47,48,50,51)/t31-,33?,35+/m1/s1. The lowest BCUT2D eigenvalue weighted by Crippen LogP contribution is -2.54. The number of carbonyl (C=O) groups excluding carboxylic acids is 5. The van der Waals surface area contributed by atoms with Crippen molar-refractivity contribution in [3.63, 3.8) is 0 Å². The molecule has 4 N–H and O–H groups in total. The second-order valence-corrected chi connectivity index (χ2v) is 16.8. The number of rotatable bonds is 15. The first-order valence-corrected chi connectivity index (χ1v) is 21.6. The van der Waals surface area contributed by atoms with Gasteiger partial charge < -0.3 is 35.1 Å². The zero-order chi connectivity index (χ0) is 43.5. The van der Waals surface area contributed by atoms with E-state index in [1.165, 1.54) is 7.11 Å². The molecule has 3 fully saturated rings. The largest absolute Gasteiger partial charge is 0.384 e. The van der Waals surface area contributed by atoms with E-state index < -0.39 is 41.9 Å². The lowest BCUT2D eigenvalue weighted by molar-refractivity contribution is -0.136. The molecule has 0 radical (unpaired) electrons. The highest BCUT2D eigenvalue weighted by molar-refractivity contribution is 6.25. The molecule has 1 aromatic carbocycles. The highest BCUT2D eigenvalue weighted by Gasteiger charge is 2.45. The van der Waals surface area contributed by atoms with Crippen molar-refractivity contribution in [3.8, 4) is 0 Å². The SMILES string of the molecule is CO[C@H]1CCN(c2nccc(Nc3cc4c(cn3)c(C(=O)NC3CCN(CCCCCNc5cccc6c5C(=O)N(C5CCC(=O)NC5=O)C6=O)CC3)cn4C(C)C)n2)C[C@H]1F.